The fourth-order valence-electron chi connectivity index (χ4n) is 3.43. The summed E-state index contributed by atoms with van der Waals surface area (Å²) in [5, 5.41) is 6.78. The minimum atomic E-state index is -0.145. The molecule has 2 N–H and O–H groups in total. The highest BCUT2D eigenvalue weighted by atomic mass is 35.5. The summed E-state index contributed by atoms with van der Waals surface area (Å²) >= 11 is 12.1. The largest absolute Gasteiger partial charge is 0.326 e. The van der Waals surface area contributed by atoms with Crippen LogP contribution in [0.3, 0.4) is 0 Å². The van der Waals surface area contributed by atoms with Gasteiger partial charge in [0.25, 0.3) is 0 Å². The Kier molecular flexibility index (Phi) is 6.94. The van der Waals surface area contributed by atoms with Gasteiger partial charge in [-0.05, 0) is 55.3 Å². The SMILES string of the molecule is CC(=O)Nc1cccc(NC(=O)C2CCCN(Cc3ccc(Cl)c(Cl)c3)C2)c1. The number of benzene rings is 2. The van der Waals surface area contributed by atoms with Gasteiger partial charge >= 0.3 is 0 Å². The Balaban J connectivity index is 1.59. The van der Waals surface area contributed by atoms with E-state index in [1.165, 1.54) is 6.92 Å². The molecule has 148 valence electrons. The number of halogens is 2. The number of likely N-dealkylation sites (tertiary alicyclic amines) is 1. The van der Waals surface area contributed by atoms with E-state index in [0.29, 0.717) is 28.0 Å². The molecule has 5 nitrogen and oxygen atoms in total. The van der Waals surface area contributed by atoms with Crippen molar-refractivity contribution in [2.75, 3.05) is 23.7 Å². The average molecular weight is 420 g/mol. The predicted octanol–water partition coefficient (Wildman–Crippen LogP) is 4.80. The molecule has 1 aliphatic heterocycles. The zero-order chi connectivity index (χ0) is 20.1. The van der Waals surface area contributed by atoms with Crippen molar-refractivity contribution in [1.82, 2.24) is 4.90 Å². The lowest BCUT2D eigenvalue weighted by molar-refractivity contribution is -0.121. The molecule has 0 bridgehead atoms. The van der Waals surface area contributed by atoms with Gasteiger partial charge in [0, 0.05) is 31.4 Å². The number of carbonyl (C=O) groups excluding carboxylic acids is 2. The average Bonchev–Trinajstić information content (AvgIpc) is 2.65. The van der Waals surface area contributed by atoms with Crippen molar-refractivity contribution in [3.05, 3.63) is 58.1 Å². The molecule has 1 aliphatic rings. The Labute approximate surface area is 175 Å². The summed E-state index contributed by atoms with van der Waals surface area (Å²) in [5.41, 5.74) is 2.42. The number of nitrogens with one attached hydrogen (secondary N) is 2. The third kappa shape index (κ3) is 5.71. The van der Waals surface area contributed by atoms with Crippen molar-refractivity contribution in [3.63, 3.8) is 0 Å². The van der Waals surface area contributed by atoms with Crippen LogP contribution < -0.4 is 10.6 Å². The molecule has 3 rings (SSSR count). The van der Waals surface area contributed by atoms with Crippen molar-refractivity contribution < 1.29 is 9.59 Å². The smallest absolute Gasteiger partial charge is 0.228 e. The molecule has 7 heteroatoms. The molecule has 1 atom stereocenters. The molecule has 0 aliphatic carbocycles. The highest BCUT2D eigenvalue weighted by Gasteiger charge is 2.26. The summed E-state index contributed by atoms with van der Waals surface area (Å²) in [5.74, 6) is -0.228. The second-order valence-corrected chi connectivity index (χ2v) is 7.89. The molecule has 2 amide bonds. The molecule has 0 saturated carbocycles. The highest BCUT2D eigenvalue weighted by Crippen LogP contribution is 2.25. The molecule has 2 aromatic rings. The first-order valence-corrected chi connectivity index (χ1v) is 10.0. The molecule has 2 aromatic carbocycles. The van der Waals surface area contributed by atoms with Crippen molar-refractivity contribution in [2.45, 2.75) is 26.3 Å². The fourth-order valence-corrected chi connectivity index (χ4v) is 3.75. The van der Waals surface area contributed by atoms with E-state index >= 15 is 0 Å². The second kappa shape index (κ2) is 9.41. The first-order chi connectivity index (χ1) is 13.4. The van der Waals surface area contributed by atoms with E-state index in [9.17, 15) is 9.59 Å². The number of nitrogens with zero attached hydrogens (tertiary/aromatic N) is 1. The summed E-state index contributed by atoms with van der Waals surface area (Å²) in [4.78, 5) is 26.2. The lowest BCUT2D eigenvalue weighted by Gasteiger charge is -2.32. The highest BCUT2D eigenvalue weighted by molar-refractivity contribution is 6.42. The maximum Gasteiger partial charge on any atom is 0.228 e. The van der Waals surface area contributed by atoms with Gasteiger partial charge in [0.05, 0.1) is 16.0 Å². The van der Waals surface area contributed by atoms with Crippen molar-refractivity contribution in [2.24, 2.45) is 5.92 Å². The Morgan fingerprint density at radius 1 is 1.07 bits per heavy atom. The van der Waals surface area contributed by atoms with Gasteiger partial charge in [-0.25, -0.2) is 0 Å². The van der Waals surface area contributed by atoms with Crippen LogP contribution >= 0.6 is 23.2 Å². The Bertz CT molecular complexity index is 872. The predicted molar refractivity (Wildman–Crippen MR) is 114 cm³/mol. The van der Waals surface area contributed by atoms with E-state index in [1.807, 2.05) is 18.2 Å². The van der Waals surface area contributed by atoms with Crippen LogP contribution in [0.25, 0.3) is 0 Å². The third-order valence-corrected chi connectivity index (χ3v) is 5.46. The van der Waals surface area contributed by atoms with E-state index in [4.69, 9.17) is 23.2 Å². The minimum absolute atomic E-state index is 0.00110. The molecule has 28 heavy (non-hydrogen) atoms. The van der Waals surface area contributed by atoms with Crippen molar-refractivity contribution >= 4 is 46.4 Å². The van der Waals surface area contributed by atoms with Gasteiger partial charge in [-0.1, -0.05) is 35.3 Å². The molecular weight excluding hydrogens is 397 g/mol. The normalized spacial score (nSPS) is 17.2. The number of piperidine rings is 1. The Morgan fingerprint density at radius 2 is 1.82 bits per heavy atom. The van der Waals surface area contributed by atoms with E-state index in [0.717, 1.165) is 31.5 Å². The van der Waals surface area contributed by atoms with Crippen molar-refractivity contribution in [3.8, 4) is 0 Å². The molecule has 0 spiro atoms. The number of hydrogen-bond acceptors (Lipinski definition) is 3. The van der Waals surface area contributed by atoms with Crippen LogP contribution in [0.15, 0.2) is 42.5 Å². The minimum Gasteiger partial charge on any atom is -0.326 e. The molecule has 0 aromatic heterocycles. The number of rotatable bonds is 5. The van der Waals surface area contributed by atoms with E-state index in [1.54, 1.807) is 24.3 Å². The standard InChI is InChI=1S/C21H23Cl2N3O2/c1-14(27)24-17-5-2-6-18(11-17)25-21(28)16-4-3-9-26(13-16)12-15-7-8-19(22)20(23)10-15/h2,5-8,10-11,16H,3-4,9,12-13H2,1H3,(H,24,27)(H,25,28). The Hall–Kier alpha value is -2.08. The number of anilines is 2. The van der Waals surface area contributed by atoms with Crippen LogP contribution in [0.5, 0.6) is 0 Å². The molecule has 0 radical (unpaired) electrons. The molecule has 1 fully saturated rings. The first-order valence-electron chi connectivity index (χ1n) is 9.25. The van der Waals surface area contributed by atoms with Gasteiger partial charge < -0.3 is 10.6 Å². The van der Waals surface area contributed by atoms with Crippen molar-refractivity contribution in [1.29, 1.82) is 0 Å². The summed E-state index contributed by atoms with van der Waals surface area (Å²) in [6.07, 6.45) is 1.82. The second-order valence-electron chi connectivity index (χ2n) is 7.07. The van der Waals surface area contributed by atoms with E-state index in [-0.39, 0.29) is 17.7 Å². The van der Waals surface area contributed by atoms with E-state index in [2.05, 4.69) is 15.5 Å². The molecular formula is C21H23Cl2N3O2. The van der Waals surface area contributed by atoms with Crippen LogP contribution in [-0.2, 0) is 16.1 Å². The van der Waals surface area contributed by atoms with Gasteiger partial charge in [0.15, 0.2) is 0 Å². The Morgan fingerprint density at radius 3 is 2.54 bits per heavy atom. The zero-order valence-electron chi connectivity index (χ0n) is 15.7. The van der Waals surface area contributed by atoms with Crippen LogP contribution in [0.1, 0.15) is 25.3 Å². The third-order valence-electron chi connectivity index (χ3n) is 4.72. The maximum atomic E-state index is 12.7. The molecule has 1 heterocycles. The van der Waals surface area contributed by atoms with Crippen LogP contribution in [0, 0.1) is 5.92 Å². The number of carbonyl (C=O) groups is 2. The van der Waals surface area contributed by atoms with Gasteiger partial charge in [0.1, 0.15) is 0 Å². The topological polar surface area (TPSA) is 61.4 Å². The maximum absolute atomic E-state index is 12.7. The zero-order valence-corrected chi connectivity index (χ0v) is 17.2. The van der Waals surface area contributed by atoms with Gasteiger partial charge in [-0.15, -0.1) is 0 Å². The van der Waals surface area contributed by atoms with Crippen LogP contribution in [-0.4, -0.2) is 29.8 Å². The lowest BCUT2D eigenvalue weighted by Crippen LogP contribution is -2.40. The van der Waals surface area contributed by atoms with Gasteiger partial charge in [-0.2, -0.15) is 0 Å². The van der Waals surface area contributed by atoms with Gasteiger partial charge in [0.2, 0.25) is 11.8 Å². The molecule has 1 unspecified atom stereocenters. The van der Waals surface area contributed by atoms with Crippen LogP contribution in [0.2, 0.25) is 10.0 Å². The lowest BCUT2D eigenvalue weighted by atomic mass is 9.96. The number of amides is 2. The summed E-state index contributed by atoms with van der Waals surface area (Å²) < 4.78 is 0. The number of hydrogen-bond donors (Lipinski definition) is 2. The first kappa shape index (κ1) is 20.6. The summed E-state index contributed by atoms with van der Waals surface area (Å²) in [6, 6.07) is 12.8. The summed E-state index contributed by atoms with van der Waals surface area (Å²) in [6.45, 7) is 3.83. The quantitative estimate of drug-likeness (QED) is 0.731. The van der Waals surface area contributed by atoms with E-state index < -0.39 is 0 Å². The monoisotopic (exact) mass is 419 g/mol. The summed E-state index contributed by atoms with van der Waals surface area (Å²) in [7, 11) is 0. The fraction of sp³-hybridized carbons (Fsp3) is 0.333. The van der Waals surface area contributed by atoms with Gasteiger partial charge in [-0.3, -0.25) is 14.5 Å². The molecule has 1 saturated heterocycles. The van der Waals surface area contributed by atoms with Crippen LogP contribution in [0.4, 0.5) is 11.4 Å².